The summed E-state index contributed by atoms with van der Waals surface area (Å²) in [5, 5.41) is 2.75. The molecule has 1 aromatic carbocycles. The molecule has 5 nitrogen and oxygen atoms in total. The molecule has 0 bridgehead atoms. The Morgan fingerprint density at radius 1 is 1.35 bits per heavy atom. The maximum atomic E-state index is 12.0. The van der Waals surface area contributed by atoms with E-state index in [1.807, 2.05) is 20.8 Å². The van der Waals surface area contributed by atoms with Gasteiger partial charge in [-0.1, -0.05) is 0 Å². The van der Waals surface area contributed by atoms with E-state index < -0.39 is 12.1 Å². The number of carbonyl (C=O) groups excluding carboxylic acids is 2. The molecular formula is C14H19BrN2O3. The number of nitrogens with two attached hydrogens (primary N) is 1. The van der Waals surface area contributed by atoms with Crippen molar-refractivity contribution in [1.29, 1.82) is 0 Å². The number of halogens is 1. The number of ether oxygens (including phenoxy) is 1. The van der Waals surface area contributed by atoms with Gasteiger partial charge in [-0.25, -0.2) is 4.79 Å². The smallest absolute Gasteiger partial charge is 0.340 e. The minimum absolute atomic E-state index is 0.292. The molecule has 0 heterocycles. The summed E-state index contributed by atoms with van der Waals surface area (Å²) < 4.78 is 5.71. The average molecular weight is 343 g/mol. The molecule has 1 unspecified atom stereocenters. The van der Waals surface area contributed by atoms with Gasteiger partial charge in [-0.2, -0.15) is 0 Å². The Bertz CT molecular complexity index is 524. The lowest BCUT2D eigenvalue weighted by molar-refractivity contribution is -0.130. The number of nitrogen functional groups attached to an aromatic ring is 1. The van der Waals surface area contributed by atoms with Crippen LogP contribution in [-0.2, 0) is 9.53 Å². The van der Waals surface area contributed by atoms with Crippen LogP contribution in [0.15, 0.2) is 22.7 Å². The highest BCUT2D eigenvalue weighted by Crippen LogP contribution is 2.21. The lowest BCUT2D eigenvalue weighted by atomic mass is 10.1. The lowest BCUT2D eigenvalue weighted by Crippen LogP contribution is -2.46. The predicted molar refractivity (Wildman–Crippen MR) is 81.3 cm³/mol. The van der Waals surface area contributed by atoms with E-state index in [2.05, 4.69) is 21.2 Å². The maximum absolute atomic E-state index is 12.0. The van der Waals surface area contributed by atoms with Crippen molar-refractivity contribution >= 4 is 33.5 Å². The van der Waals surface area contributed by atoms with Gasteiger partial charge < -0.3 is 15.8 Å². The van der Waals surface area contributed by atoms with Gasteiger partial charge in [-0.3, -0.25) is 4.79 Å². The average Bonchev–Trinajstić information content (AvgIpc) is 2.29. The van der Waals surface area contributed by atoms with E-state index in [1.54, 1.807) is 12.1 Å². The molecule has 0 fully saturated rings. The zero-order chi connectivity index (χ0) is 15.5. The molecule has 0 aromatic heterocycles. The summed E-state index contributed by atoms with van der Waals surface area (Å²) in [4.78, 5) is 23.9. The molecule has 0 aliphatic carbocycles. The van der Waals surface area contributed by atoms with Gasteiger partial charge >= 0.3 is 5.97 Å². The third kappa shape index (κ3) is 4.85. The molecule has 3 N–H and O–H groups in total. The van der Waals surface area contributed by atoms with E-state index >= 15 is 0 Å². The summed E-state index contributed by atoms with van der Waals surface area (Å²) in [5.41, 5.74) is 5.99. The van der Waals surface area contributed by atoms with E-state index in [4.69, 9.17) is 10.5 Å². The Kier molecular flexibility index (Phi) is 5.16. The fraction of sp³-hybridized carbons (Fsp3) is 0.429. The molecule has 1 aromatic rings. The minimum atomic E-state index is -0.880. The summed E-state index contributed by atoms with van der Waals surface area (Å²) in [6.07, 6.45) is -0.880. The SMILES string of the molecule is CC(OC(=O)c1cc(N)ccc1Br)C(=O)NC(C)(C)C. The van der Waals surface area contributed by atoms with Gasteiger partial charge in [0.2, 0.25) is 0 Å². The summed E-state index contributed by atoms with van der Waals surface area (Å²) in [5.74, 6) is -0.938. The summed E-state index contributed by atoms with van der Waals surface area (Å²) >= 11 is 3.25. The monoisotopic (exact) mass is 342 g/mol. The fourth-order valence-corrected chi connectivity index (χ4v) is 1.86. The number of rotatable bonds is 3. The third-order valence-electron chi connectivity index (χ3n) is 2.36. The van der Waals surface area contributed by atoms with Crippen LogP contribution in [0.3, 0.4) is 0 Å². The molecular weight excluding hydrogens is 324 g/mol. The first-order valence-corrected chi connectivity index (χ1v) is 6.97. The normalized spacial score (nSPS) is 12.7. The highest BCUT2D eigenvalue weighted by molar-refractivity contribution is 9.10. The molecule has 110 valence electrons. The van der Waals surface area contributed by atoms with Gasteiger partial charge in [0.05, 0.1) is 5.56 Å². The standard InChI is InChI=1S/C14H19BrN2O3/c1-8(12(18)17-14(2,3)4)20-13(19)10-7-9(16)5-6-11(10)15/h5-8H,16H2,1-4H3,(H,17,18). The number of carbonyl (C=O) groups is 2. The minimum Gasteiger partial charge on any atom is -0.449 e. The highest BCUT2D eigenvalue weighted by Gasteiger charge is 2.23. The molecule has 0 spiro atoms. The lowest BCUT2D eigenvalue weighted by Gasteiger charge is -2.23. The van der Waals surface area contributed by atoms with Gasteiger partial charge in [-0.15, -0.1) is 0 Å². The van der Waals surface area contributed by atoms with Crippen LogP contribution in [0.25, 0.3) is 0 Å². The summed E-state index contributed by atoms with van der Waals surface area (Å²) in [6.45, 7) is 7.09. The molecule has 1 amide bonds. The van der Waals surface area contributed by atoms with Crippen molar-refractivity contribution in [3.8, 4) is 0 Å². The van der Waals surface area contributed by atoms with Crippen LogP contribution in [0.5, 0.6) is 0 Å². The van der Waals surface area contributed by atoms with Crippen LogP contribution in [0, 0.1) is 0 Å². The number of amides is 1. The number of hydrogen-bond acceptors (Lipinski definition) is 4. The second-order valence-electron chi connectivity index (χ2n) is 5.53. The predicted octanol–water partition coefficient (Wildman–Crippen LogP) is 2.49. The van der Waals surface area contributed by atoms with Gasteiger partial charge in [0, 0.05) is 15.7 Å². The first-order valence-electron chi connectivity index (χ1n) is 6.18. The van der Waals surface area contributed by atoms with Crippen LogP contribution in [0.1, 0.15) is 38.1 Å². The molecule has 0 saturated carbocycles. The largest absolute Gasteiger partial charge is 0.449 e. The van der Waals surface area contributed by atoms with Crippen molar-refractivity contribution in [2.75, 3.05) is 5.73 Å². The van der Waals surface area contributed by atoms with Gasteiger partial charge in [-0.05, 0) is 61.8 Å². The fourth-order valence-electron chi connectivity index (χ4n) is 1.45. The van der Waals surface area contributed by atoms with Crippen molar-refractivity contribution in [1.82, 2.24) is 5.32 Å². The van der Waals surface area contributed by atoms with E-state index in [1.165, 1.54) is 13.0 Å². The Morgan fingerprint density at radius 2 is 1.95 bits per heavy atom. The van der Waals surface area contributed by atoms with Crippen molar-refractivity contribution < 1.29 is 14.3 Å². The van der Waals surface area contributed by atoms with E-state index in [0.717, 1.165) is 0 Å². The first-order chi connectivity index (χ1) is 9.10. The zero-order valence-corrected chi connectivity index (χ0v) is 13.6. The summed E-state index contributed by atoms with van der Waals surface area (Å²) in [7, 11) is 0. The second-order valence-corrected chi connectivity index (χ2v) is 6.38. The molecule has 6 heteroatoms. The van der Waals surface area contributed by atoms with Crippen LogP contribution in [0.2, 0.25) is 0 Å². The van der Waals surface area contributed by atoms with Gasteiger partial charge in [0.25, 0.3) is 5.91 Å². The molecule has 1 atom stereocenters. The molecule has 0 aliphatic rings. The second kappa shape index (κ2) is 6.26. The molecule has 20 heavy (non-hydrogen) atoms. The molecule has 1 rings (SSSR count). The Morgan fingerprint density at radius 3 is 2.50 bits per heavy atom. The van der Waals surface area contributed by atoms with Gasteiger partial charge in [0.15, 0.2) is 6.10 Å². The molecule has 0 saturated heterocycles. The molecule has 0 radical (unpaired) electrons. The first kappa shape index (κ1) is 16.5. The van der Waals surface area contributed by atoms with E-state index in [9.17, 15) is 9.59 Å². The van der Waals surface area contributed by atoms with Crippen LogP contribution in [-0.4, -0.2) is 23.5 Å². The van der Waals surface area contributed by atoms with Crippen molar-refractivity contribution in [2.45, 2.75) is 39.3 Å². The number of esters is 1. The number of nitrogens with one attached hydrogen (secondary N) is 1. The van der Waals surface area contributed by atoms with Crippen molar-refractivity contribution in [3.63, 3.8) is 0 Å². The van der Waals surface area contributed by atoms with E-state index in [0.29, 0.717) is 15.7 Å². The maximum Gasteiger partial charge on any atom is 0.340 e. The Hall–Kier alpha value is -1.56. The zero-order valence-electron chi connectivity index (χ0n) is 12.0. The quantitative estimate of drug-likeness (QED) is 0.653. The van der Waals surface area contributed by atoms with Crippen LogP contribution >= 0.6 is 15.9 Å². The van der Waals surface area contributed by atoms with Crippen LogP contribution < -0.4 is 11.1 Å². The van der Waals surface area contributed by atoms with Crippen LogP contribution in [0.4, 0.5) is 5.69 Å². The highest BCUT2D eigenvalue weighted by atomic mass is 79.9. The van der Waals surface area contributed by atoms with E-state index in [-0.39, 0.29) is 11.4 Å². The summed E-state index contributed by atoms with van der Waals surface area (Å²) in [6, 6.07) is 4.82. The number of anilines is 1. The van der Waals surface area contributed by atoms with Crippen molar-refractivity contribution in [2.24, 2.45) is 0 Å². The van der Waals surface area contributed by atoms with Crippen molar-refractivity contribution in [3.05, 3.63) is 28.2 Å². The number of hydrogen-bond donors (Lipinski definition) is 2. The number of benzene rings is 1. The molecule has 0 aliphatic heterocycles. The third-order valence-corrected chi connectivity index (χ3v) is 3.05. The topological polar surface area (TPSA) is 81.4 Å². The van der Waals surface area contributed by atoms with Gasteiger partial charge in [0.1, 0.15) is 0 Å². The Balaban J connectivity index is 2.75. The Labute approximate surface area is 127 Å².